The molecule has 5 heteroatoms. The largest absolute Gasteiger partial charge is 0.491 e. The quantitative estimate of drug-likeness (QED) is 0.627. The predicted molar refractivity (Wildman–Crippen MR) is 115 cm³/mol. The third-order valence-electron chi connectivity index (χ3n) is 5.46. The van der Waals surface area contributed by atoms with Crippen LogP contribution >= 0.6 is 0 Å². The SMILES string of the molecule is O[C@H](COc1ccc(F)cc1)CN1CCC(Nc2cccc3ccccc23)CC1. The van der Waals surface area contributed by atoms with Crippen LogP contribution in [0.25, 0.3) is 10.8 Å². The zero-order valence-corrected chi connectivity index (χ0v) is 16.4. The highest BCUT2D eigenvalue weighted by atomic mass is 19.1. The molecule has 1 atom stereocenters. The van der Waals surface area contributed by atoms with E-state index in [-0.39, 0.29) is 12.4 Å². The van der Waals surface area contributed by atoms with Crippen molar-refractivity contribution in [3.05, 3.63) is 72.5 Å². The molecule has 0 radical (unpaired) electrons. The summed E-state index contributed by atoms with van der Waals surface area (Å²) in [7, 11) is 0. The predicted octanol–water partition coefficient (Wildman–Crippen LogP) is 4.30. The van der Waals surface area contributed by atoms with Crippen LogP contribution in [0.2, 0.25) is 0 Å². The van der Waals surface area contributed by atoms with Crippen LogP contribution in [-0.4, -0.2) is 48.4 Å². The summed E-state index contributed by atoms with van der Waals surface area (Å²) in [6.07, 6.45) is 1.51. The van der Waals surface area contributed by atoms with Gasteiger partial charge in [-0.1, -0.05) is 36.4 Å². The first kappa shape index (κ1) is 19.7. The Hall–Kier alpha value is -2.63. The number of nitrogens with zero attached hydrogens (tertiary/aromatic N) is 1. The Bertz CT molecular complexity index is 918. The molecule has 0 aliphatic carbocycles. The van der Waals surface area contributed by atoms with E-state index >= 15 is 0 Å². The highest BCUT2D eigenvalue weighted by Crippen LogP contribution is 2.25. The van der Waals surface area contributed by atoms with Crippen LogP contribution in [0.15, 0.2) is 66.7 Å². The van der Waals surface area contributed by atoms with Crippen molar-refractivity contribution in [3.8, 4) is 5.75 Å². The van der Waals surface area contributed by atoms with Crippen molar-refractivity contribution in [2.75, 3.05) is 31.6 Å². The van der Waals surface area contributed by atoms with Gasteiger partial charge in [-0.25, -0.2) is 4.39 Å². The summed E-state index contributed by atoms with van der Waals surface area (Å²) >= 11 is 0. The third-order valence-corrected chi connectivity index (χ3v) is 5.46. The Morgan fingerprint density at radius 3 is 2.52 bits per heavy atom. The number of likely N-dealkylation sites (tertiary alicyclic amines) is 1. The van der Waals surface area contributed by atoms with E-state index in [1.807, 2.05) is 0 Å². The van der Waals surface area contributed by atoms with Crippen molar-refractivity contribution < 1.29 is 14.2 Å². The van der Waals surface area contributed by atoms with Crippen LogP contribution in [0.1, 0.15) is 12.8 Å². The number of hydrogen-bond donors (Lipinski definition) is 2. The molecule has 1 aliphatic heterocycles. The number of hydrogen-bond acceptors (Lipinski definition) is 4. The van der Waals surface area contributed by atoms with Crippen molar-refractivity contribution in [2.45, 2.75) is 25.0 Å². The molecular weight excluding hydrogens is 367 g/mol. The average Bonchev–Trinajstić information content (AvgIpc) is 2.75. The van der Waals surface area contributed by atoms with Gasteiger partial charge in [0.1, 0.15) is 24.3 Å². The van der Waals surface area contributed by atoms with Gasteiger partial charge in [0.15, 0.2) is 0 Å². The number of β-amino-alcohol motifs (C(OH)–C–C–N with tert-alkyl or cyclic N) is 1. The number of benzene rings is 3. The van der Waals surface area contributed by atoms with E-state index in [2.05, 4.69) is 52.7 Å². The van der Waals surface area contributed by atoms with Gasteiger partial charge in [-0.2, -0.15) is 0 Å². The van der Waals surface area contributed by atoms with Gasteiger partial charge in [0.2, 0.25) is 0 Å². The molecule has 1 aliphatic rings. The lowest BCUT2D eigenvalue weighted by Crippen LogP contribution is -2.43. The third kappa shape index (κ3) is 5.25. The Balaban J connectivity index is 1.23. The van der Waals surface area contributed by atoms with Gasteiger partial charge in [0, 0.05) is 36.7 Å². The second kappa shape index (κ2) is 9.25. The molecule has 4 rings (SSSR count). The molecule has 2 N–H and O–H groups in total. The van der Waals surface area contributed by atoms with Crippen molar-refractivity contribution in [3.63, 3.8) is 0 Å². The monoisotopic (exact) mass is 394 g/mol. The average molecular weight is 394 g/mol. The van der Waals surface area contributed by atoms with Gasteiger partial charge >= 0.3 is 0 Å². The number of piperidine rings is 1. The molecule has 0 bridgehead atoms. The molecule has 3 aromatic rings. The number of anilines is 1. The van der Waals surface area contributed by atoms with Crippen molar-refractivity contribution in [1.82, 2.24) is 4.90 Å². The molecule has 152 valence electrons. The lowest BCUT2D eigenvalue weighted by molar-refractivity contribution is 0.0605. The first-order valence-electron chi connectivity index (χ1n) is 10.2. The van der Waals surface area contributed by atoms with Gasteiger partial charge in [-0.3, -0.25) is 0 Å². The highest BCUT2D eigenvalue weighted by Gasteiger charge is 2.21. The van der Waals surface area contributed by atoms with Gasteiger partial charge in [0.25, 0.3) is 0 Å². The Labute approximate surface area is 170 Å². The van der Waals surface area contributed by atoms with Gasteiger partial charge in [-0.05, 0) is 48.6 Å². The summed E-state index contributed by atoms with van der Waals surface area (Å²) in [5, 5.41) is 16.5. The zero-order valence-electron chi connectivity index (χ0n) is 16.4. The summed E-state index contributed by atoms with van der Waals surface area (Å²) in [6.45, 7) is 2.67. The topological polar surface area (TPSA) is 44.7 Å². The minimum atomic E-state index is -0.567. The first-order valence-corrected chi connectivity index (χ1v) is 10.2. The summed E-state index contributed by atoms with van der Waals surface area (Å²) in [5.74, 6) is 0.279. The summed E-state index contributed by atoms with van der Waals surface area (Å²) < 4.78 is 18.5. The van der Waals surface area contributed by atoms with Gasteiger partial charge < -0.3 is 20.1 Å². The fourth-order valence-corrected chi connectivity index (χ4v) is 3.91. The number of rotatable bonds is 7. The summed E-state index contributed by atoms with van der Waals surface area (Å²) in [6, 6.07) is 21.1. The molecule has 3 aromatic carbocycles. The van der Waals surface area contributed by atoms with E-state index in [1.165, 1.54) is 28.6 Å². The van der Waals surface area contributed by atoms with Crippen LogP contribution in [0, 0.1) is 5.82 Å². The number of aliphatic hydroxyl groups is 1. The molecule has 1 heterocycles. The molecule has 0 saturated carbocycles. The molecule has 0 unspecified atom stereocenters. The van der Waals surface area contributed by atoms with E-state index in [9.17, 15) is 9.50 Å². The normalized spacial score (nSPS) is 16.6. The van der Waals surface area contributed by atoms with Crippen LogP contribution in [0.5, 0.6) is 5.75 Å². The van der Waals surface area contributed by atoms with Crippen molar-refractivity contribution in [2.24, 2.45) is 0 Å². The molecule has 0 aromatic heterocycles. The maximum absolute atomic E-state index is 12.9. The summed E-state index contributed by atoms with van der Waals surface area (Å²) in [4.78, 5) is 2.28. The molecule has 0 spiro atoms. The standard InChI is InChI=1S/C24H27FN2O2/c25-19-8-10-22(11-9-19)29-17-21(28)16-27-14-12-20(13-15-27)26-24-7-3-5-18-4-1-2-6-23(18)24/h1-11,20-21,26,28H,12-17H2/t21-/m0/s1. The van der Waals surface area contributed by atoms with E-state index in [4.69, 9.17) is 4.74 Å². The second-order valence-electron chi connectivity index (χ2n) is 7.66. The molecule has 1 saturated heterocycles. The van der Waals surface area contributed by atoms with Gasteiger partial charge in [0.05, 0.1) is 0 Å². The van der Waals surface area contributed by atoms with E-state index in [1.54, 1.807) is 12.1 Å². The number of fused-ring (bicyclic) bond motifs is 1. The molecular formula is C24H27FN2O2. The van der Waals surface area contributed by atoms with Crippen LogP contribution in [-0.2, 0) is 0 Å². The lowest BCUT2D eigenvalue weighted by Gasteiger charge is -2.34. The fourth-order valence-electron chi connectivity index (χ4n) is 3.91. The van der Waals surface area contributed by atoms with Crippen molar-refractivity contribution in [1.29, 1.82) is 0 Å². The Morgan fingerprint density at radius 1 is 1.00 bits per heavy atom. The first-order chi connectivity index (χ1) is 14.2. The molecule has 1 fully saturated rings. The maximum Gasteiger partial charge on any atom is 0.123 e. The number of nitrogens with one attached hydrogen (secondary N) is 1. The van der Waals surface area contributed by atoms with Crippen molar-refractivity contribution >= 4 is 16.5 Å². The number of aliphatic hydroxyl groups excluding tert-OH is 1. The van der Waals surface area contributed by atoms with E-state index in [0.717, 1.165) is 25.9 Å². The number of halogens is 1. The van der Waals surface area contributed by atoms with Crippen LogP contribution in [0.3, 0.4) is 0 Å². The molecule has 29 heavy (non-hydrogen) atoms. The highest BCUT2D eigenvalue weighted by molar-refractivity contribution is 5.93. The van der Waals surface area contributed by atoms with Crippen LogP contribution in [0.4, 0.5) is 10.1 Å². The second-order valence-corrected chi connectivity index (χ2v) is 7.66. The lowest BCUT2D eigenvalue weighted by atomic mass is 10.0. The van der Waals surface area contributed by atoms with Crippen LogP contribution < -0.4 is 10.1 Å². The number of ether oxygens (including phenoxy) is 1. The summed E-state index contributed by atoms with van der Waals surface area (Å²) in [5.41, 5.74) is 1.19. The Kier molecular flexibility index (Phi) is 6.27. The van der Waals surface area contributed by atoms with E-state index < -0.39 is 6.10 Å². The fraction of sp³-hybridized carbons (Fsp3) is 0.333. The smallest absolute Gasteiger partial charge is 0.123 e. The Morgan fingerprint density at radius 2 is 1.72 bits per heavy atom. The molecule has 0 amide bonds. The molecule has 4 nitrogen and oxygen atoms in total. The van der Waals surface area contributed by atoms with E-state index in [0.29, 0.717) is 18.3 Å². The minimum Gasteiger partial charge on any atom is -0.491 e. The maximum atomic E-state index is 12.9. The minimum absolute atomic E-state index is 0.208. The van der Waals surface area contributed by atoms with Gasteiger partial charge in [-0.15, -0.1) is 0 Å². The zero-order chi connectivity index (χ0) is 20.1.